The van der Waals surface area contributed by atoms with Gasteiger partial charge in [-0.3, -0.25) is 0 Å². The zero-order valence-electron chi connectivity index (χ0n) is 11.0. The Bertz CT molecular complexity index is 910. The number of hydrogen-bond donors (Lipinski definition) is 0. The van der Waals surface area contributed by atoms with Crippen molar-refractivity contribution in [1.29, 1.82) is 10.5 Å². The first-order valence-corrected chi connectivity index (χ1v) is 6.39. The molecular formula is C17H10FN3. The number of benzene rings is 2. The number of nitrogens with zero attached hydrogens (tertiary/aromatic N) is 3. The second-order valence-corrected chi connectivity index (χ2v) is 4.75. The Hall–Kier alpha value is -3.11. The SMILES string of the molecule is N#Cc1cc(F)cc(Cn2ccc3c(C#N)cccc32)c1. The molecule has 0 atom stereocenters. The van der Waals surface area contributed by atoms with E-state index in [0.717, 1.165) is 10.9 Å². The molecule has 21 heavy (non-hydrogen) atoms. The monoisotopic (exact) mass is 275 g/mol. The lowest BCUT2D eigenvalue weighted by Crippen LogP contribution is -1.99. The third kappa shape index (κ3) is 2.35. The summed E-state index contributed by atoms with van der Waals surface area (Å²) in [5.74, 6) is -0.418. The van der Waals surface area contributed by atoms with Crippen LogP contribution in [0.15, 0.2) is 48.7 Å². The van der Waals surface area contributed by atoms with Crippen LogP contribution in [0, 0.1) is 28.5 Å². The van der Waals surface area contributed by atoms with E-state index in [-0.39, 0.29) is 0 Å². The number of nitriles is 2. The highest BCUT2D eigenvalue weighted by Gasteiger charge is 2.07. The van der Waals surface area contributed by atoms with Crippen LogP contribution in [0.25, 0.3) is 10.9 Å². The molecule has 0 unspecified atom stereocenters. The molecule has 0 N–H and O–H groups in total. The molecule has 2 aromatic carbocycles. The molecule has 0 bridgehead atoms. The van der Waals surface area contributed by atoms with Crippen LogP contribution in [-0.4, -0.2) is 4.57 Å². The van der Waals surface area contributed by atoms with Crippen LogP contribution in [0.3, 0.4) is 0 Å². The Morgan fingerprint density at radius 3 is 2.67 bits per heavy atom. The lowest BCUT2D eigenvalue weighted by molar-refractivity contribution is 0.623. The van der Waals surface area contributed by atoms with Crippen molar-refractivity contribution in [3.05, 3.63) is 71.2 Å². The van der Waals surface area contributed by atoms with E-state index in [1.54, 1.807) is 12.1 Å². The quantitative estimate of drug-likeness (QED) is 0.717. The summed E-state index contributed by atoms with van der Waals surface area (Å²) in [6.45, 7) is 0.449. The zero-order chi connectivity index (χ0) is 14.8. The number of rotatable bonds is 2. The van der Waals surface area contributed by atoms with Gasteiger partial charge in [-0.1, -0.05) is 6.07 Å². The molecular weight excluding hydrogens is 265 g/mol. The van der Waals surface area contributed by atoms with Crippen molar-refractivity contribution in [1.82, 2.24) is 4.57 Å². The minimum Gasteiger partial charge on any atom is -0.343 e. The maximum atomic E-state index is 13.5. The van der Waals surface area contributed by atoms with E-state index >= 15 is 0 Å². The highest BCUT2D eigenvalue weighted by Crippen LogP contribution is 2.21. The smallest absolute Gasteiger partial charge is 0.124 e. The van der Waals surface area contributed by atoms with Crippen molar-refractivity contribution < 1.29 is 4.39 Å². The van der Waals surface area contributed by atoms with Gasteiger partial charge in [0.1, 0.15) is 5.82 Å². The molecule has 0 aliphatic rings. The molecule has 1 aromatic heterocycles. The van der Waals surface area contributed by atoms with E-state index in [0.29, 0.717) is 23.2 Å². The summed E-state index contributed by atoms with van der Waals surface area (Å²) < 4.78 is 15.4. The summed E-state index contributed by atoms with van der Waals surface area (Å²) in [6.07, 6.45) is 1.86. The molecule has 3 rings (SSSR count). The number of aromatic nitrogens is 1. The number of fused-ring (bicyclic) bond motifs is 1. The van der Waals surface area contributed by atoms with Gasteiger partial charge < -0.3 is 4.57 Å². The lowest BCUT2D eigenvalue weighted by Gasteiger charge is -2.07. The molecule has 0 fully saturated rings. The molecule has 0 radical (unpaired) electrons. The average Bonchev–Trinajstić information content (AvgIpc) is 2.89. The van der Waals surface area contributed by atoms with Crippen molar-refractivity contribution in [2.45, 2.75) is 6.54 Å². The van der Waals surface area contributed by atoms with Crippen LogP contribution in [0.5, 0.6) is 0 Å². The normalized spacial score (nSPS) is 10.2. The summed E-state index contributed by atoms with van der Waals surface area (Å²) in [5, 5.41) is 18.9. The molecule has 4 heteroatoms. The van der Waals surface area contributed by atoms with Crippen LogP contribution < -0.4 is 0 Å². The molecule has 100 valence electrons. The average molecular weight is 275 g/mol. The van der Waals surface area contributed by atoms with Gasteiger partial charge in [0.05, 0.1) is 23.3 Å². The fraction of sp³-hybridized carbons (Fsp3) is 0.0588. The van der Waals surface area contributed by atoms with Crippen molar-refractivity contribution in [2.24, 2.45) is 0 Å². The van der Waals surface area contributed by atoms with Crippen molar-refractivity contribution in [3.63, 3.8) is 0 Å². The first-order chi connectivity index (χ1) is 10.2. The van der Waals surface area contributed by atoms with Gasteiger partial charge in [0.15, 0.2) is 0 Å². The Balaban J connectivity index is 2.06. The molecule has 0 amide bonds. The van der Waals surface area contributed by atoms with E-state index in [1.165, 1.54) is 12.1 Å². The van der Waals surface area contributed by atoms with E-state index in [4.69, 9.17) is 10.5 Å². The van der Waals surface area contributed by atoms with Crippen LogP contribution in [0.2, 0.25) is 0 Å². The Labute approximate surface area is 121 Å². The van der Waals surface area contributed by atoms with Crippen molar-refractivity contribution >= 4 is 10.9 Å². The predicted octanol–water partition coefficient (Wildman–Crippen LogP) is 3.57. The third-order valence-electron chi connectivity index (χ3n) is 3.37. The fourth-order valence-corrected chi connectivity index (χ4v) is 2.46. The van der Waals surface area contributed by atoms with Gasteiger partial charge in [-0.25, -0.2) is 4.39 Å². The van der Waals surface area contributed by atoms with Crippen LogP contribution in [-0.2, 0) is 6.54 Å². The van der Waals surface area contributed by atoms with Gasteiger partial charge >= 0.3 is 0 Å². The summed E-state index contributed by atoms with van der Waals surface area (Å²) in [6, 6.07) is 15.8. The predicted molar refractivity (Wildman–Crippen MR) is 76.9 cm³/mol. The topological polar surface area (TPSA) is 52.5 Å². The van der Waals surface area contributed by atoms with Gasteiger partial charge in [0, 0.05) is 23.6 Å². The first-order valence-electron chi connectivity index (χ1n) is 6.39. The Kier molecular flexibility index (Phi) is 3.14. The van der Waals surface area contributed by atoms with Crippen molar-refractivity contribution in [3.8, 4) is 12.1 Å². The molecule has 1 heterocycles. The van der Waals surface area contributed by atoms with Gasteiger partial charge in [0.25, 0.3) is 0 Å². The maximum absolute atomic E-state index is 13.5. The van der Waals surface area contributed by atoms with E-state index in [1.807, 2.05) is 35.0 Å². The minimum absolute atomic E-state index is 0.305. The van der Waals surface area contributed by atoms with E-state index in [2.05, 4.69) is 6.07 Å². The second-order valence-electron chi connectivity index (χ2n) is 4.75. The summed E-state index contributed by atoms with van der Waals surface area (Å²) in [5.41, 5.74) is 2.55. The maximum Gasteiger partial charge on any atom is 0.124 e. The van der Waals surface area contributed by atoms with Crippen LogP contribution in [0.1, 0.15) is 16.7 Å². The highest BCUT2D eigenvalue weighted by atomic mass is 19.1. The standard InChI is InChI=1S/C17H10FN3/c18-15-7-12(9-19)6-13(8-15)11-21-5-4-16-14(10-20)2-1-3-17(16)21/h1-8H,11H2. The molecule has 0 saturated heterocycles. The summed E-state index contributed by atoms with van der Waals surface area (Å²) in [4.78, 5) is 0. The van der Waals surface area contributed by atoms with Crippen molar-refractivity contribution in [2.75, 3.05) is 0 Å². The molecule has 3 aromatic rings. The molecule has 0 spiro atoms. The fourth-order valence-electron chi connectivity index (χ4n) is 2.46. The van der Waals surface area contributed by atoms with Gasteiger partial charge in [-0.15, -0.1) is 0 Å². The number of halogens is 1. The Morgan fingerprint density at radius 1 is 1.05 bits per heavy atom. The second kappa shape index (κ2) is 5.11. The molecule has 3 nitrogen and oxygen atoms in total. The van der Waals surface area contributed by atoms with E-state index in [9.17, 15) is 4.39 Å². The number of hydrogen-bond acceptors (Lipinski definition) is 2. The largest absolute Gasteiger partial charge is 0.343 e. The summed E-state index contributed by atoms with van der Waals surface area (Å²) >= 11 is 0. The molecule has 0 saturated carbocycles. The molecule has 0 aliphatic carbocycles. The summed E-state index contributed by atoms with van der Waals surface area (Å²) in [7, 11) is 0. The Morgan fingerprint density at radius 2 is 1.90 bits per heavy atom. The molecule has 0 aliphatic heterocycles. The van der Waals surface area contributed by atoms with E-state index < -0.39 is 5.82 Å². The lowest BCUT2D eigenvalue weighted by atomic mass is 10.1. The highest BCUT2D eigenvalue weighted by molar-refractivity contribution is 5.86. The van der Waals surface area contributed by atoms with Gasteiger partial charge in [-0.05, 0) is 42.0 Å². The zero-order valence-corrected chi connectivity index (χ0v) is 11.0. The third-order valence-corrected chi connectivity index (χ3v) is 3.37. The minimum atomic E-state index is -0.418. The van der Waals surface area contributed by atoms with Gasteiger partial charge in [-0.2, -0.15) is 10.5 Å². The van der Waals surface area contributed by atoms with Gasteiger partial charge in [0.2, 0.25) is 0 Å². The van der Waals surface area contributed by atoms with Crippen LogP contribution in [0.4, 0.5) is 4.39 Å². The van der Waals surface area contributed by atoms with Crippen LogP contribution >= 0.6 is 0 Å². The first kappa shape index (κ1) is 12.9.